The molecule has 1 saturated heterocycles. The Morgan fingerprint density at radius 3 is 1.81 bits per heavy atom. The molecule has 0 aromatic heterocycles. The van der Waals surface area contributed by atoms with E-state index in [1.54, 1.807) is 0 Å². The van der Waals surface area contributed by atoms with Gasteiger partial charge in [0.25, 0.3) is 0 Å². The number of unbranched alkanes of at least 4 members (excludes halogenated alkanes) is 15. The minimum atomic E-state index is -2.36. The number of nitrogens with zero attached hydrogens (tertiary/aromatic N) is 1. The van der Waals surface area contributed by atoms with Crippen molar-refractivity contribution in [2.24, 2.45) is 0 Å². The summed E-state index contributed by atoms with van der Waals surface area (Å²) in [4.78, 5) is 26.5. The average Bonchev–Trinajstić information content (AvgIpc) is 3.22. The van der Waals surface area contributed by atoms with Crippen LogP contribution in [0.1, 0.15) is 121 Å². The van der Waals surface area contributed by atoms with Gasteiger partial charge in [-0.2, -0.15) is 8.42 Å². The van der Waals surface area contributed by atoms with E-state index in [0.717, 1.165) is 18.4 Å². The minimum absolute atomic E-state index is 0.0535. The van der Waals surface area contributed by atoms with E-state index in [0.29, 0.717) is 6.54 Å². The van der Waals surface area contributed by atoms with Crippen LogP contribution >= 0.6 is 0 Å². The summed E-state index contributed by atoms with van der Waals surface area (Å²) in [5.41, 5.74) is 0.756. The van der Waals surface area contributed by atoms with Gasteiger partial charge in [0.1, 0.15) is 11.9 Å². The van der Waals surface area contributed by atoms with Crippen LogP contribution in [-0.2, 0) is 28.3 Å². The van der Waals surface area contributed by atoms with E-state index in [4.69, 9.17) is 0 Å². The molecule has 1 N–H and O–H groups in total. The van der Waals surface area contributed by atoms with Gasteiger partial charge in [-0.15, -0.1) is 0 Å². The highest BCUT2D eigenvalue weighted by molar-refractivity contribution is 8.34. The lowest BCUT2D eigenvalue weighted by Crippen LogP contribution is -2.39. The van der Waals surface area contributed by atoms with E-state index in [9.17, 15) is 18.0 Å². The minimum Gasteiger partial charge on any atom is -0.355 e. The highest BCUT2D eigenvalue weighted by Crippen LogP contribution is 2.31. The first-order valence-electron chi connectivity index (χ1n) is 14.4. The predicted octanol–water partition coefficient (Wildman–Crippen LogP) is 6.32. The van der Waals surface area contributed by atoms with Crippen LogP contribution in [0.5, 0.6) is 0 Å². The van der Waals surface area contributed by atoms with Gasteiger partial charge in [0, 0.05) is 6.54 Å². The lowest BCUT2D eigenvalue weighted by Gasteiger charge is -2.24. The first-order chi connectivity index (χ1) is 18.0. The summed E-state index contributed by atoms with van der Waals surface area (Å²) in [5.74, 6) is -0.557. The van der Waals surface area contributed by atoms with Gasteiger partial charge in [0.15, 0.2) is 0 Å². The second-order valence-corrected chi connectivity index (χ2v) is 14.2. The fraction of sp³-hybridized carbons (Fsp3) is 0.724. The largest absolute Gasteiger partial charge is 0.355 e. The normalized spacial score (nSPS) is 17.3. The zero-order chi connectivity index (χ0) is 26.7. The van der Waals surface area contributed by atoms with Crippen molar-refractivity contribution in [3.8, 4) is 0 Å². The SMILES string of the molecule is CCCCCCCCCCCCCCCCCCNC(=O)CN1C(=O)CS(=S(=O)=O)C1c1ccccc1. The maximum Gasteiger partial charge on any atom is 0.243 e. The second kappa shape index (κ2) is 19.4. The highest BCUT2D eigenvalue weighted by atomic mass is 32.9. The zero-order valence-corrected chi connectivity index (χ0v) is 24.4. The number of carbonyl (C=O) groups excluding carboxylic acids is 2. The van der Waals surface area contributed by atoms with Gasteiger partial charge in [0.2, 0.25) is 21.1 Å². The van der Waals surface area contributed by atoms with E-state index >= 15 is 0 Å². The molecular formula is C29H48N2O4S2. The van der Waals surface area contributed by atoms with Crippen LogP contribution in [-0.4, -0.2) is 44.0 Å². The zero-order valence-electron chi connectivity index (χ0n) is 22.8. The molecule has 1 aromatic rings. The molecule has 8 heteroatoms. The molecule has 1 aromatic carbocycles. The maximum absolute atomic E-state index is 12.5. The molecular weight excluding hydrogens is 504 g/mol. The molecule has 1 heterocycles. The monoisotopic (exact) mass is 552 g/mol. The molecule has 0 radical (unpaired) electrons. The Bertz CT molecular complexity index is 926. The number of hydrogen-bond acceptors (Lipinski definition) is 4. The van der Waals surface area contributed by atoms with Crippen LogP contribution in [0.3, 0.4) is 0 Å². The fourth-order valence-electron chi connectivity index (χ4n) is 4.91. The summed E-state index contributed by atoms with van der Waals surface area (Å²) in [7, 11) is -3.51. The van der Waals surface area contributed by atoms with Crippen LogP contribution in [0.15, 0.2) is 30.3 Å². The smallest absolute Gasteiger partial charge is 0.243 e. The summed E-state index contributed by atoms with van der Waals surface area (Å²) in [6, 6.07) is 9.13. The van der Waals surface area contributed by atoms with E-state index < -0.39 is 24.1 Å². The maximum atomic E-state index is 12.5. The number of rotatable bonds is 20. The molecule has 1 aliphatic rings. The van der Waals surface area contributed by atoms with Crippen molar-refractivity contribution < 1.29 is 18.0 Å². The third-order valence-corrected chi connectivity index (χ3v) is 10.9. The molecule has 0 aliphatic carbocycles. The Morgan fingerprint density at radius 1 is 0.838 bits per heavy atom. The Kier molecular flexibility index (Phi) is 16.5. The number of amides is 2. The Balaban J connectivity index is 1.51. The van der Waals surface area contributed by atoms with Crippen LogP contribution in [0.25, 0.3) is 0 Å². The van der Waals surface area contributed by atoms with Crippen molar-refractivity contribution >= 4 is 30.5 Å². The molecule has 2 unspecified atom stereocenters. The number of hydrogen-bond donors (Lipinski definition) is 1. The summed E-state index contributed by atoms with van der Waals surface area (Å²) in [5, 5.41) is 2.32. The number of carbonyl (C=O) groups is 2. The quantitative estimate of drug-likeness (QED) is 0.192. The number of nitrogens with one attached hydrogen (secondary N) is 1. The van der Waals surface area contributed by atoms with Crippen LogP contribution < -0.4 is 5.32 Å². The average molecular weight is 553 g/mol. The van der Waals surface area contributed by atoms with E-state index in [1.807, 2.05) is 30.3 Å². The fourth-order valence-corrected chi connectivity index (χ4v) is 8.34. The Morgan fingerprint density at radius 2 is 1.32 bits per heavy atom. The first kappa shape index (κ1) is 31.5. The molecule has 210 valence electrons. The first-order valence-corrected chi connectivity index (χ1v) is 17.5. The third kappa shape index (κ3) is 12.6. The topological polar surface area (TPSA) is 83.6 Å². The van der Waals surface area contributed by atoms with Gasteiger partial charge in [-0.3, -0.25) is 9.59 Å². The summed E-state index contributed by atoms with van der Waals surface area (Å²) >= 11 is 0. The molecule has 0 spiro atoms. The molecule has 2 amide bonds. The van der Waals surface area contributed by atoms with Crippen molar-refractivity contribution in [3.63, 3.8) is 0 Å². The second-order valence-electron chi connectivity index (χ2n) is 10.2. The van der Waals surface area contributed by atoms with Gasteiger partial charge in [-0.05, 0) is 21.4 Å². The molecule has 6 nitrogen and oxygen atoms in total. The third-order valence-electron chi connectivity index (χ3n) is 7.04. The highest BCUT2D eigenvalue weighted by Gasteiger charge is 2.38. The Hall–Kier alpha value is -1.67. The molecule has 2 atom stereocenters. The van der Waals surface area contributed by atoms with E-state index in [2.05, 4.69) is 12.2 Å². The molecule has 37 heavy (non-hydrogen) atoms. The summed E-state index contributed by atoms with van der Waals surface area (Å²) in [6.07, 6.45) is 20.9. The van der Waals surface area contributed by atoms with Gasteiger partial charge in [-0.1, -0.05) is 134 Å². The van der Waals surface area contributed by atoms with E-state index in [1.165, 1.54) is 94.8 Å². The van der Waals surface area contributed by atoms with Crippen molar-refractivity contribution in [2.75, 3.05) is 18.8 Å². The van der Waals surface area contributed by atoms with Crippen molar-refractivity contribution in [1.82, 2.24) is 10.2 Å². The van der Waals surface area contributed by atoms with Gasteiger partial charge < -0.3 is 10.2 Å². The van der Waals surface area contributed by atoms with Crippen LogP contribution in [0, 0.1) is 0 Å². The van der Waals surface area contributed by atoms with Crippen molar-refractivity contribution in [2.45, 2.75) is 115 Å². The molecule has 0 bridgehead atoms. The van der Waals surface area contributed by atoms with Gasteiger partial charge in [-0.25, -0.2) is 0 Å². The summed E-state index contributed by atoms with van der Waals surface area (Å²) < 4.78 is 23.5. The van der Waals surface area contributed by atoms with E-state index in [-0.39, 0.29) is 24.1 Å². The van der Waals surface area contributed by atoms with Crippen LogP contribution in [0.2, 0.25) is 0 Å². The molecule has 0 saturated carbocycles. The van der Waals surface area contributed by atoms with Crippen LogP contribution in [0.4, 0.5) is 0 Å². The standard InChI is InChI=1S/C29H48N2O4S2/c1-2-3-4-5-6-7-8-9-10-11-12-13-14-15-16-20-23-30-27(32)24-31-28(33)25-36(37(34)35)29(31)26-21-18-17-19-22-26/h17-19,21-22,29H,2-16,20,23-25H2,1H3,(H,30,32). The lowest BCUT2D eigenvalue weighted by molar-refractivity contribution is -0.133. The molecule has 1 fully saturated rings. The van der Waals surface area contributed by atoms with Crippen molar-refractivity contribution in [1.29, 1.82) is 0 Å². The molecule has 2 rings (SSSR count). The predicted molar refractivity (Wildman–Crippen MR) is 155 cm³/mol. The van der Waals surface area contributed by atoms with Gasteiger partial charge in [0.05, 0.1) is 5.75 Å². The van der Waals surface area contributed by atoms with Gasteiger partial charge >= 0.3 is 0 Å². The van der Waals surface area contributed by atoms with Crippen molar-refractivity contribution in [3.05, 3.63) is 35.9 Å². The summed E-state index contributed by atoms with van der Waals surface area (Å²) in [6.45, 7) is 2.76. The lowest BCUT2D eigenvalue weighted by atomic mass is 10.0. The molecule has 1 aliphatic heterocycles. The Labute approximate surface area is 228 Å². The number of benzene rings is 1.